The van der Waals surface area contributed by atoms with Crippen molar-refractivity contribution in [2.75, 3.05) is 0 Å². The average molecular weight is 456 g/mol. The summed E-state index contributed by atoms with van der Waals surface area (Å²) in [6, 6.07) is 10.9. The van der Waals surface area contributed by atoms with Crippen molar-refractivity contribution in [3.8, 4) is 22.9 Å². The number of benzene rings is 2. The molecule has 32 heavy (non-hydrogen) atoms. The van der Waals surface area contributed by atoms with Gasteiger partial charge in [0, 0.05) is 35.1 Å². The van der Waals surface area contributed by atoms with E-state index in [0.29, 0.717) is 0 Å². The number of nitrogens with zero attached hydrogens (tertiary/aromatic N) is 7. The fourth-order valence-corrected chi connectivity index (χ4v) is 3.67. The van der Waals surface area contributed by atoms with Gasteiger partial charge in [0.15, 0.2) is 6.33 Å². The summed E-state index contributed by atoms with van der Waals surface area (Å²) in [5.74, 6) is 0.157. The summed E-state index contributed by atoms with van der Waals surface area (Å²) in [7, 11) is -4.58. The molecular weight excluding hydrogens is 442 g/mol. The molecule has 0 unspecified atom stereocenters. The molecule has 2 N–H and O–H groups in total. The molecule has 162 valence electrons. The molecule has 13 nitrogen and oxygen atoms in total. The van der Waals surface area contributed by atoms with Gasteiger partial charge in [0.05, 0.1) is 17.1 Å². The summed E-state index contributed by atoms with van der Waals surface area (Å²) >= 11 is 0. The summed E-state index contributed by atoms with van der Waals surface area (Å²) in [6.45, 7) is -0.544. The predicted octanol–water partition coefficient (Wildman–Crippen LogP) is 0.648. The van der Waals surface area contributed by atoms with Crippen LogP contribution in [0.2, 0.25) is 0 Å². The molecule has 0 spiro atoms. The van der Waals surface area contributed by atoms with E-state index in [2.05, 4.69) is 20.2 Å². The second-order valence-corrected chi connectivity index (χ2v) is 7.76. The van der Waals surface area contributed by atoms with E-state index in [0.717, 1.165) is 0 Å². The highest BCUT2D eigenvalue weighted by Crippen LogP contribution is 2.25. The molecule has 0 fully saturated rings. The van der Waals surface area contributed by atoms with E-state index in [1.807, 2.05) is 0 Å². The molecule has 0 saturated carbocycles. The summed E-state index contributed by atoms with van der Waals surface area (Å²) in [5.41, 5.74) is 0.189. The maximum atomic E-state index is 11.8. The zero-order valence-corrected chi connectivity index (χ0v) is 16.9. The van der Waals surface area contributed by atoms with Gasteiger partial charge in [-0.05, 0) is 32.9 Å². The molecule has 0 atom stereocenters. The Morgan fingerprint density at radius 2 is 1.94 bits per heavy atom. The third kappa shape index (κ3) is 3.92. The van der Waals surface area contributed by atoms with Crippen LogP contribution < -0.4 is 4.80 Å². The van der Waals surface area contributed by atoms with E-state index in [-0.39, 0.29) is 34.1 Å². The molecule has 2 heterocycles. The van der Waals surface area contributed by atoms with Crippen molar-refractivity contribution in [3.05, 3.63) is 76.7 Å². The van der Waals surface area contributed by atoms with Crippen molar-refractivity contribution in [2.45, 2.75) is 11.5 Å². The van der Waals surface area contributed by atoms with Crippen LogP contribution in [0.15, 0.2) is 66.0 Å². The van der Waals surface area contributed by atoms with Crippen molar-refractivity contribution in [2.24, 2.45) is 0 Å². The third-order valence-corrected chi connectivity index (χ3v) is 5.31. The number of aromatic nitrogens is 6. The minimum Gasteiger partial charge on any atom is -0.392 e. The van der Waals surface area contributed by atoms with E-state index in [9.17, 15) is 28.2 Å². The smallest absolute Gasteiger partial charge is 0.309 e. The lowest BCUT2D eigenvalue weighted by Gasteiger charge is -2.05. The van der Waals surface area contributed by atoms with Gasteiger partial charge in [0.25, 0.3) is 21.6 Å². The molecular formula is C18H14N7O6S+. The lowest BCUT2D eigenvalue weighted by molar-refractivity contribution is -0.737. The van der Waals surface area contributed by atoms with Crippen molar-refractivity contribution in [1.82, 2.24) is 25.0 Å². The maximum Gasteiger partial charge on any atom is 0.309 e. The monoisotopic (exact) mass is 456 g/mol. The number of nitro benzene ring substituents is 1. The van der Waals surface area contributed by atoms with Crippen LogP contribution in [-0.4, -0.2) is 48.0 Å². The Morgan fingerprint density at radius 3 is 2.59 bits per heavy atom. The molecule has 2 aromatic carbocycles. The highest BCUT2D eigenvalue weighted by atomic mass is 32.2. The Morgan fingerprint density at radius 1 is 1.16 bits per heavy atom. The molecule has 0 aliphatic carbocycles. The molecule has 0 amide bonds. The first-order valence-corrected chi connectivity index (χ1v) is 10.3. The molecule has 0 radical (unpaired) electrons. The first-order chi connectivity index (χ1) is 15.3. The van der Waals surface area contributed by atoms with Crippen LogP contribution in [0.25, 0.3) is 22.9 Å². The van der Waals surface area contributed by atoms with Gasteiger partial charge < -0.3 is 5.11 Å². The van der Waals surface area contributed by atoms with E-state index in [4.69, 9.17) is 0 Å². The summed E-state index contributed by atoms with van der Waals surface area (Å²) < 4.78 is 33.3. The lowest BCUT2D eigenvalue weighted by Crippen LogP contribution is -2.44. The van der Waals surface area contributed by atoms with E-state index >= 15 is 0 Å². The Balaban J connectivity index is 1.99. The average Bonchev–Trinajstić information content (AvgIpc) is 3.23. The SMILES string of the molecule is O=[N+]([O-])c1ccc(-n2nc(-c3ccccc3S(=O)(=O)O)n[n+]2-c2ccncn2)c(CO)c1. The number of aliphatic hydroxyl groups is 1. The minimum absolute atomic E-state index is 0.0176. The number of aliphatic hydroxyl groups excluding tert-OH is 1. The standard InChI is InChI=1S/C18H13N7O6S/c26-10-12-9-13(25(27)28)5-6-15(12)23-21-18(22-24(23)17-7-8-19-11-20-17)14-3-1-2-4-16(14)32(29,30)31/h1-9,11,26H,10H2/p+1. The lowest BCUT2D eigenvalue weighted by atomic mass is 10.1. The number of hydrogen-bond acceptors (Lipinski definition) is 9. The second kappa shape index (κ2) is 8.18. The van der Waals surface area contributed by atoms with Crippen LogP contribution >= 0.6 is 0 Å². The van der Waals surface area contributed by atoms with Crippen LogP contribution in [0.5, 0.6) is 0 Å². The first-order valence-electron chi connectivity index (χ1n) is 8.91. The van der Waals surface area contributed by atoms with Crippen LogP contribution in [0.1, 0.15) is 5.56 Å². The van der Waals surface area contributed by atoms with Gasteiger partial charge in [-0.1, -0.05) is 17.1 Å². The molecule has 0 bridgehead atoms. The largest absolute Gasteiger partial charge is 0.392 e. The normalized spacial score (nSPS) is 11.4. The van der Waals surface area contributed by atoms with Crippen LogP contribution in [0.3, 0.4) is 0 Å². The highest BCUT2D eigenvalue weighted by molar-refractivity contribution is 7.86. The number of tetrazole rings is 1. The van der Waals surface area contributed by atoms with E-state index < -0.39 is 26.5 Å². The molecule has 4 rings (SSSR count). The van der Waals surface area contributed by atoms with Crippen LogP contribution in [0.4, 0.5) is 5.69 Å². The summed E-state index contributed by atoms with van der Waals surface area (Å²) in [6.07, 6.45) is 2.71. The second-order valence-electron chi connectivity index (χ2n) is 6.37. The van der Waals surface area contributed by atoms with E-state index in [1.54, 1.807) is 6.07 Å². The van der Waals surface area contributed by atoms with Gasteiger partial charge in [0.2, 0.25) is 0 Å². The quantitative estimate of drug-likeness (QED) is 0.181. The summed E-state index contributed by atoms with van der Waals surface area (Å²) in [4.78, 5) is 20.5. The van der Waals surface area contributed by atoms with Crippen molar-refractivity contribution >= 4 is 15.8 Å². The Bertz CT molecular complexity index is 1420. The number of hydrogen-bond donors (Lipinski definition) is 2. The van der Waals surface area contributed by atoms with Gasteiger partial charge in [-0.2, -0.15) is 8.42 Å². The maximum absolute atomic E-state index is 11.8. The van der Waals surface area contributed by atoms with Gasteiger partial charge in [-0.3, -0.25) is 14.7 Å². The summed E-state index contributed by atoms with van der Waals surface area (Å²) in [5, 5.41) is 29.6. The molecule has 2 aromatic heterocycles. The molecule has 0 aliphatic heterocycles. The Kier molecular flexibility index (Phi) is 5.40. The number of rotatable bonds is 6. The zero-order valence-electron chi connectivity index (χ0n) is 16.0. The van der Waals surface area contributed by atoms with Gasteiger partial charge in [-0.15, -0.1) is 0 Å². The van der Waals surface area contributed by atoms with Gasteiger partial charge in [0.1, 0.15) is 10.6 Å². The fourth-order valence-electron chi connectivity index (χ4n) is 2.98. The topological polar surface area (TPSA) is 178 Å². The predicted molar refractivity (Wildman–Crippen MR) is 106 cm³/mol. The van der Waals surface area contributed by atoms with Crippen LogP contribution in [0, 0.1) is 10.1 Å². The van der Waals surface area contributed by atoms with E-state index in [1.165, 1.54) is 64.6 Å². The molecule has 0 saturated heterocycles. The van der Waals surface area contributed by atoms with Gasteiger partial charge >= 0.3 is 5.82 Å². The molecule has 14 heteroatoms. The molecule has 0 aliphatic rings. The Labute approximate surface area is 180 Å². The number of nitro groups is 1. The fraction of sp³-hybridized carbons (Fsp3) is 0.0556. The first kappa shape index (κ1) is 21.1. The Hall–Kier alpha value is -4.14. The zero-order chi connectivity index (χ0) is 22.9. The van der Waals surface area contributed by atoms with Crippen LogP contribution in [-0.2, 0) is 16.7 Å². The van der Waals surface area contributed by atoms with Gasteiger partial charge in [-0.25, -0.2) is 4.98 Å². The third-order valence-electron chi connectivity index (χ3n) is 4.40. The van der Waals surface area contributed by atoms with Crippen molar-refractivity contribution in [1.29, 1.82) is 0 Å². The van der Waals surface area contributed by atoms with Crippen molar-refractivity contribution in [3.63, 3.8) is 0 Å². The highest BCUT2D eigenvalue weighted by Gasteiger charge is 2.28. The van der Waals surface area contributed by atoms with Crippen molar-refractivity contribution < 1.29 is 27.8 Å². The molecule has 4 aromatic rings. The number of non-ortho nitro benzene ring substituents is 1. The minimum atomic E-state index is -4.58.